The lowest BCUT2D eigenvalue weighted by Gasteiger charge is -2.20. The van der Waals surface area contributed by atoms with Crippen LogP contribution in [0.25, 0.3) is 0 Å². The average molecular weight is 448 g/mol. The summed E-state index contributed by atoms with van der Waals surface area (Å²) in [6.07, 6.45) is 4.44. The molecule has 0 bridgehead atoms. The number of ether oxygens (including phenoxy) is 1. The third kappa shape index (κ3) is 3.41. The lowest BCUT2D eigenvalue weighted by atomic mass is 9.99. The van der Waals surface area contributed by atoms with Gasteiger partial charge in [0.2, 0.25) is 5.88 Å². The Hall–Kier alpha value is -2.46. The van der Waals surface area contributed by atoms with Gasteiger partial charge in [-0.15, -0.1) is 4.36 Å². The van der Waals surface area contributed by atoms with E-state index in [-0.39, 0.29) is 17.2 Å². The van der Waals surface area contributed by atoms with Crippen molar-refractivity contribution in [2.24, 2.45) is 9.50 Å². The maximum atomic E-state index is 14.1. The number of hydrogen-bond donors (Lipinski definition) is 2. The summed E-state index contributed by atoms with van der Waals surface area (Å²) < 4.78 is 38.6. The Bertz CT molecular complexity index is 1220. The number of fused-ring (bicyclic) bond motifs is 3. The first kappa shape index (κ1) is 20.4. The summed E-state index contributed by atoms with van der Waals surface area (Å²) in [5.41, 5.74) is 4.05. The molecule has 2 aliphatic carbocycles. The van der Waals surface area contributed by atoms with Crippen LogP contribution < -0.4 is 15.2 Å². The van der Waals surface area contributed by atoms with Crippen molar-refractivity contribution in [2.75, 3.05) is 5.32 Å². The number of hydrogen-bond acceptors (Lipinski definition) is 4. The van der Waals surface area contributed by atoms with Crippen LogP contribution in [0.4, 0.5) is 14.9 Å². The molecular weight excluding hydrogens is 421 g/mol. The minimum absolute atomic E-state index is 0.104. The van der Waals surface area contributed by atoms with E-state index < -0.39 is 27.7 Å². The van der Waals surface area contributed by atoms with Gasteiger partial charge in [-0.25, -0.2) is 23.2 Å². The number of carbonyl (C=O) groups excluding carboxylic acids is 1. The van der Waals surface area contributed by atoms with Crippen molar-refractivity contribution in [1.29, 1.82) is 0 Å². The van der Waals surface area contributed by atoms with E-state index in [4.69, 9.17) is 9.88 Å². The lowest BCUT2D eigenvalue weighted by Crippen LogP contribution is -2.30. The molecule has 10 heteroatoms. The minimum atomic E-state index is -3.58. The van der Waals surface area contributed by atoms with Gasteiger partial charge in [0.05, 0.1) is 12.7 Å². The molecule has 5 rings (SSSR count). The Morgan fingerprint density at radius 1 is 1.42 bits per heavy atom. The van der Waals surface area contributed by atoms with Gasteiger partial charge in [-0.1, -0.05) is 13.0 Å². The van der Waals surface area contributed by atoms with E-state index in [2.05, 4.69) is 20.8 Å². The fraction of sp³-hybridized carbons (Fsp3) is 0.524. The number of urea groups is 1. The fourth-order valence-electron chi connectivity index (χ4n) is 4.79. The number of nitrogens with zero attached hydrogens (tertiary/aromatic N) is 3. The van der Waals surface area contributed by atoms with Crippen molar-refractivity contribution < 1.29 is 18.1 Å². The second-order valence-corrected chi connectivity index (χ2v) is 10.6. The van der Waals surface area contributed by atoms with Crippen molar-refractivity contribution in [3.8, 4) is 5.88 Å². The van der Waals surface area contributed by atoms with E-state index in [0.717, 1.165) is 47.9 Å². The van der Waals surface area contributed by atoms with E-state index in [1.807, 2.05) is 13.8 Å². The molecule has 0 radical (unpaired) electrons. The Labute approximate surface area is 180 Å². The van der Waals surface area contributed by atoms with Gasteiger partial charge < -0.3 is 10.1 Å². The fourth-order valence-corrected chi connectivity index (χ4v) is 5.78. The van der Waals surface area contributed by atoms with Crippen molar-refractivity contribution in [2.45, 2.75) is 75.6 Å². The zero-order valence-electron chi connectivity index (χ0n) is 17.6. The van der Waals surface area contributed by atoms with E-state index in [9.17, 15) is 13.4 Å². The molecule has 2 amide bonds. The molecule has 3 atom stereocenters. The van der Waals surface area contributed by atoms with Crippen molar-refractivity contribution in [1.82, 2.24) is 9.78 Å². The highest BCUT2D eigenvalue weighted by molar-refractivity contribution is 7.91. The maximum absolute atomic E-state index is 14.1. The SMILES string of the molecule is CC[C@]1(C)Cn2ncc([S@@](N)(=O)=NC(=O)Nc3c4c(cc5c3C[C@@H](F)C5)CCC4)c2O1. The van der Waals surface area contributed by atoms with Crippen LogP contribution in [0.3, 0.4) is 0 Å². The monoisotopic (exact) mass is 447 g/mol. The summed E-state index contributed by atoms with van der Waals surface area (Å²) in [4.78, 5) is 12.9. The van der Waals surface area contributed by atoms with Crippen LogP contribution in [0, 0.1) is 0 Å². The summed E-state index contributed by atoms with van der Waals surface area (Å²) in [6, 6.07) is 1.25. The van der Waals surface area contributed by atoms with Crippen LogP contribution in [-0.4, -0.2) is 31.8 Å². The zero-order valence-corrected chi connectivity index (χ0v) is 18.4. The number of anilines is 1. The highest BCUT2D eigenvalue weighted by atomic mass is 32.2. The smallest absolute Gasteiger partial charge is 0.354 e. The number of alkyl halides is 1. The molecule has 166 valence electrons. The molecule has 1 aromatic heterocycles. The van der Waals surface area contributed by atoms with Crippen molar-refractivity contribution in [3.05, 3.63) is 34.5 Å². The normalized spacial score (nSPS) is 25.4. The summed E-state index contributed by atoms with van der Waals surface area (Å²) in [7, 11) is -3.58. The standard InChI is InChI=1S/C21H26FN5O3S/c1-3-21(2)11-27-19(30-21)17(10-24-27)31(23,29)26-20(28)25-18-15-6-4-5-12(15)7-13-8-14(22)9-16(13)18/h7,10,14H,3-6,8-9,11H2,1-2H3,(H3,23,25,26,28,29)/t14-,21+,31-/m0/s1. The van der Waals surface area contributed by atoms with Gasteiger partial charge in [-0.3, -0.25) is 0 Å². The quantitative estimate of drug-likeness (QED) is 0.752. The lowest BCUT2D eigenvalue weighted by molar-refractivity contribution is 0.105. The number of halogens is 1. The number of nitrogens with one attached hydrogen (secondary N) is 1. The topological polar surface area (TPSA) is 112 Å². The maximum Gasteiger partial charge on any atom is 0.354 e. The predicted octanol–water partition coefficient (Wildman–Crippen LogP) is 3.30. The number of carbonyl (C=O) groups is 1. The number of aryl methyl sites for hydroxylation is 1. The van der Waals surface area contributed by atoms with Gasteiger partial charge in [0.1, 0.15) is 16.7 Å². The number of amides is 2. The van der Waals surface area contributed by atoms with E-state index in [1.165, 1.54) is 6.20 Å². The van der Waals surface area contributed by atoms with Crippen LogP contribution in [-0.2, 0) is 42.1 Å². The molecule has 31 heavy (non-hydrogen) atoms. The van der Waals surface area contributed by atoms with Gasteiger partial charge in [0.25, 0.3) is 0 Å². The predicted molar refractivity (Wildman–Crippen MR) is 114 cm³/mol. The number of benzene rings is 1. The molecule has 0 saturated heterocycles. The Balaban J connectivity index is 1.47. The second-order valence-electron chi connectivity index (χ2n) is 8.85. The zero-order chi connectivity index (χ0) is 22.0. The molecule has 0 fully saturated rings. The van der Waals surface area contributed by atoms with Gasteiger partial charge in [-0.05, 0) is 54.9 Å². The summed E-state index contributed by atoms with van der Waals surface area (Å²) >= 11 is 0. The van der Waals surface area contributed by atoms with Crippen LogP contribution in [0.5, 0.6) is 5.88 Å². The third-order valence-electron chi connectivity index (χ3n) is 6.57. The molecule has 8 nitrogen and oxygen atoms in total. The van der Waals surface area contributed by atoms with Gasteiger partial charge in [-0.2, -0.15) is 5.10 Å². The van der Waals surface area contributed by atoms with Crippen LogP contribution >= 0.6 is 0 Å². The first-order valence-electron chi connectivity index (χ1n) is 10.6. The van der Waals surface area contributed by atoms with Gasteiger partial charge >= 0.3 is 6.03 Å². The number of rotatable bonds is 3. The Kier molecular flexibility index (Phi) is 4.63. The Morgan fingerprint density at radius 3 is 3.00 bits per heavy atom. The first-order chi connectivity index (χ1) is 14.7. The third-order valence-corrected chi connectivity index (χ3v) is 7.91. The molecule has 0 saturated carbocycles. The first-order valence-corrected chi connectivity index (χ1v) is 12.2. The van der Waals surface area contributed by atoms with E-state index >= 15 is 0 Å². The molecule has 1 aliphatic heterocycles. The summed E-state index contributed by atoms with van der Waals surface area (Å²) in [6.45, 7) is 4.43. The van der Waals surface area contributed by atoms with Gasteiger partial charge in [0, 0.05) is 18.5 Å². The molecule has 2 aromatic rings. The largest absolute Gasteiger partial charge is 0.469 e. The minimum Gasteiger partial charge on any atom is -0.469 e. The molecule has 0 unspecified atom stereocenters. The highest BCUT2D eigenvalue weighted by Gasteiger charge is 2.38. The highest BCUT2D eigenvalue weighted by Crippen LogP contribution is 2.40. The molecular formula is C21H26FN5O3S. The average Bonchev–Trinajstić information content (AvgIpc) is 3.43. The van der Waals surface area contributed by atoms with E-state index in [0.29, 0.717) is 18.7 Å². The van der Waals surface area contributed by atoms with Crippen LogP contribution in [0.2, 0.25) is 0 Å². The molecule has 0 spiro atoms. The van der Waals surface area contributed by atoms with Gasteiger partial charge in [0.15, 0.2) is 9.92 Å². The van der Waals surface area contributed by atoms with Crippen molar-refractivity contribution >= 4 is 21.6 Å². The molecule has 3 N–H and O–H groups in total. The van der Waals surface area contributed by atoms with E-state index in [1.54, 1.807) is 4.68 Å². The van der Waals surface area contributed by atoms with Crippen molar-refractivity contribution in [3.63, 3.8) is 0 Å². The molecule has 2 heterocycles. The number of aromatic nitrogens is 2. The summed E-state index contributed by atoms with van der Waals surface area (Å²) in [5, 5.41) is 13.0. The molecule has 1 aromatic carbocycles. The summed E-state index contributed by atoms with van der Waals surface area (Å²) in [5.74, 6) is 0.287. The second kappa shape index (κ2) is 7.03. The van der Waals surface area contributed by atoms with Crippen LogP contribution in [0.1, 0.15) is 48.9 Å². The van der Waals surface area contributed by atoms with Crippen LogP contribution in [0.15, 0.2) is 21.5 Å². The Morgan fingerprint density at radius 2 is 2.23 bits per heavy atom. The molecule has 3 aliphatic rings. The number of nitrogens with two attached hydrogens (primary N) is 1.